The Bertz CT molecular complexity index is 1170. The number of carbonyl (C=O) groups is 1. The summed E-state index contributed by atoms with van der Waals surface area (Å²) in [7, 11) is 0. The molecule has 0 radical (unpaired) electrons. The maximum Gasteiger partial charge on any atom is 0.255 e. The van der Waals surface area contributed by atoms with Gasteiger partial charge in [0.05, 0.1) is 5.69 Å². The molecule has 150 valence electrons. The number of amides is 1. The fraction of sp³-hybridized carbons (Fsp3) is 0.0833. The summed E-state index contributed by atoms with van der Waals surface area (Å²) in [5.74, 6) is -0.453. The highest BCUT2D eigenvalue weighted by Gasteiger charge is 2.09. The third-order valence-corrected chi connectivity index (χ3v) is 5.38. The molecule has 6 heteroatoms. The minimum absolute atomic E-state index is 0.151. The summed E-state index contributed by atoms with van der Waals surface area (Å²) < 4.78 is 13.4. The van der Waals surface area contributed by atoms with Crippen LogP contribution in [-0.4, -0.2) is 10.9 Å². The van der Waals surface area contributed by atoms with Gasteiger partial charge >= 0.3 is 0 Å². The van der Waals surface area contributed by atoms with Crippen molar-refractivity contribution in [2.45, 2.75) is 13.3 Å². The minimum atomic E-state index is -0.301. The summed E-state index contributed by atoms with van der Waals surface area (Å²) in [6, 6.07) is 21.4. The molecule has 0 unspecified atom stereocenters. The summed E-state index contributed by atoms with van der Waals surface area (Å²) in [6.45, 7) is 2.08. The Morgan fingerprint density at radius 3 is 2.53 bits per heavy atom. The molecule has 2 N–H and O–H groups in total. The first-order valence-corrected chi connectivity index (χ1v) is 10.5. The smallest absolute Gasteiger partial charge is 0.255 e. The molecule has 0 aliphatic rings. The molecule has 4 nitrogen and oxygen atoms in total. The lowest BCUT2D eigenvalue weighted by Gasteiger charge is -2.07. The summed E-state index contributed by atoms with van der Waals surface area (Å²) in [4.78, 5) is 17.1. The number of aryl methyl sites for hydroxylation is 1. The summed E-state index contributed by atoms with van der Waals surface area (Å²) in [6.07, 6.45) is 0.938. The first kappa shape index (κ1) is 19.8. The number of thiazole rings is 1. The van der Waals surface area contributed by atoms with Crippen molar-refractivity contribution in [2.75, 3.05) is 10.6 Å². The lowest BCUT2D eigenvalue weighted by Crippen LogP contribution is -2.11. The van der Waals surface area contributed by atoms with Gasteiger partial charge in [-0.2, -0.15) is 0 Å². The lowest BCUT2D eigenvalue weighted by molar-refractivity contribution is 0.102. The molecule has 4 rings (SSSR count). The maximum absolute atomic E-state index is 13.4. The summed E-state index contributed by atoms with van der Waals surface area (Å²) in [5.41, 5.74) is 4.82. The number of hydrogen-bond acceptors (Lipinski definition) is 4. The Hall–Kier alpha value is -3.51. The van der Waals surface area contributed by atoms with Crippen LogP contribution in [0.15, 0.2) is 78.2 Å². The molecule has 1 amide bonds. The molecule has 0 saturated carbocycles. The van der Waals surface area contributed by atoms with Crippen LogP contribution in [0, 0.1) is 5.82 Å². The van der Waals surface area contributed by atoms with Gasteiger partial charge in [-0.1, -0.05) is 37.3 Å². The van der Waals surface area contributed by atoms with Gasteiger partial charge in [-0.15, -0.1) is 11.3 Å². The molecule has 0 atom stereocenters. The Labute approximate surface area is 178 Å². The summed E-state index contributed by atoms with van der Waals surface area (Å²) >= 11 is 1.43. The number of halogens is 1. The zero-order valence-electron chi connectivity index (χ0n) is 16.4. The van der Waals surface area contributed by atoms with Gasteiger partial charge in [0, 0.05) is 27.9 Å². The van der Waals surface area contributed by atoms with Crippen molar-refractivity contribution < 1.29 is 9.18 Å². The van der Waals surface area contributed by atoms with Crippen LogP contribution in [0.5, 0.6) is 0 Å². The predicted molar refractivity (Wildman–Crippen MR) is 121 cm³/mol. The number of nitrogens with one attached hydrogen (secondary N) is 2. The van der Waals surface area contributed by atoms with Crippen molar-refractivity contribution in [3.63, 3.8) is 0 Å². The fourth-order valence-electron chi connectivity index (χ4n) is 3.00. The number of aromatic nitrogens is 1. The molecule has 0 aliphatic heterocycles. The fourth-order valence-corrected chi connectivity index (χ4v) is 3.74. The highest BCUT2D eigenvalue weighted by Crippen LogP contribution is 2.29. The van der Waals surface area contributed by atoms with E-state index >= 15 is 0 Å². The van der Waals surface area contributed by atoms with E-state index in [1.54, 1.807) is 12.1 Å². The third-order valence-electron chi connectivity index (χ3n) is 4.62. The van der Waals surface area contributed by atoms with Crippen molar-refractivity contribution in [2.24, 2.45) is 0 Å². The second kappa shape index (κ2) is 8.88. The van der Waals surface area contributed by atoms with Crippen LogP contribution in [-0.2, 0) is 6.42 Å². The minimum Gasteiger partial charge on any atom is -0.331 e. The largest absolute Gasteiger partial charge is 0.331 e. The average molecular weight is 418 g/mol. The molecule has 30 heavy (non-hydrogen) atoms. The molecule has 1 heterocycles. The number of benzene rings is 3. The Balaban J connectivity index is 1.48. The van der Waals surface area contributed by atoms with Crippen molar-refractivity contribution in [3.8, 4) is 11.3 Å². The normalized spacial score (nSPS) is 10.6. The lowest BCUT2D eigenvalue weighted by atomic mass is 10.1. The number of anilines is 3. The molecule has 3 aromatic carbocycles. The molecule has 1 aromatic heterocycles. The van der Waals surface area contributed by atoms with Crippen LogP contribution in [0.4, 0.5) is 20.9 Å². The second-order valence-electron chi connectivity index (χ2n) is 6.76. The van der Waals surface area contributed by atoms with Gasteiger partial charge in [0.25, 0.3) is 5.91 Å². The molecule has 0 spiro atoms. The highest BCUT2D eigenvalue weighted by molar-refractivity contribution is 7.14. The second-order valence-corrected chi connectivity index (χ2v) is 7.62. The van der Waals surface area contributed by atoms with Crippen LogP contribution < -0.4 is 10.6 Å². The van der Waals surface area contributed by atoms with Crippen molar-refractivity contribution in [3.05, 3.63) is 95.1 Å². The summed E-state index contributed by atoms with van der Waals surface area (Å²) in [5, 5.41) is 8.64. The van der Waals surface area contributed by atoms with Gasteiger partial charge in [0.2, 0.25) is 0 Å². The van der Waals surface area contributed by atoms with Gasteiger partial charge in [-0.3, -0.25) is 4.79 Å². The van der Waals surface area contributed by atoms with Crippen molar-refractivity contribution in [1.29, 1.82) is 0 Å². The number of carbonyl (C=O) groups excluding carboxylic acids is 1. The predicted octanol–water partition coefficient (Wildman–Crippen LogP) is 6.51. The molecular weight excluding hydrogens is 397 g/mol. The first-order chi connectivity index (χ1) is 14.6. The average Bonchev–Trinajstić information content (AvgIpc) is 3.22. The van der Waals surface area contributed by atoms with Crippen molar-refractivity contribution in [1.82, 2.24) is 4.98 Å². The highest BCUT2D eigenvalue weighted by atomic mass is 32.1. The molecule has 0 aliphatic carbocycles. The van der Waals surface area contributed by atoms with E-state index in [0.717, 1.165) is 17.7 Å². The van der Waals surface area contributed by atoms with Gasteiger partial charge in [0.1, 0.15) is 5.82 Å². The monoisotopic (exact) mass is 417 g/mol. The van der Waals surface area contributed by atoms with E-state index < -0.39 is 0 Å². The number of rotatable bonds is 6. The Morgan fingerprint density at radius 2 is 1.77 bits per heavy atom. The molecule has 0 saturated heterocycles. The van der Waals surface area contributed by atoms with E-state index in [2.05, 4.69) is 22.5 Å². The topological polar surface area (TPSA) is 54.0 Å². The molecular formula is C24H20FN3OS. The van der Waals surface area contributed by atoms with Gasteiger partial charge in [-0.05, 0) is 54.4 Å². The Morgan fingerprint density at radius 1 is 1.00 bits per heavy atom. The van der Waals surface area contributed by atoms with Gasteiger partial charge in [-0.25, -0.2) is 9.37 Å². The van der Waals surface area contributed by atoms with Crippen LogP contribution >= 0.6 is 11.3 Å². The van der Waals surface area contributed by atoms with E-state index in [1.165, 1.54) is 29.0 Å². The quantitative estimate of drug-likeness (QED) is 0.376. The van der Waals surface area contributed by atoms with Gasteiger partial charge in [0.15, 0.2) is 5.13 Å². The maximum atomic E-state index is 13.4. The molecule has 0 fully saturated rings. The van der Waals surface area contributed by atoms with E-state index in [1.807, 2.05) is 53.9 Å². The van der Waals surface area contributed by atoms with E-state index in [4.69, 9.17) is 0 Å². The van der Waals surface area contributed by atoms with Gasteiger partial charge < -0.3 is 10.6 Å². The first-order valence-electron chi connectivity index (χ1n) is 9.59. The molecule has 0 bridgehead atoms. The van der Waals surface area contributed by atoms with Crippen molar-refractivity contribution >= 4 is 33.8 Å². The zero-order chi connectivity index (χ0) is 20.9. The third kappa shape index (κ3) is 4.72. The Kier molecular flexibility index (Phi) is 5.86. The van der Waals surface area contributed by atoms with E-state index in [-0.39, 0.29) is 11.7 Å². The van der Waals surface area contributed by atoms with Crippen LogP contribution in [0.3, 0.4) is 0 Å². The zero-order valence-corrected chi connectivity index (χ0v) is 17.2. The SMILES string of the molecule is CCc1ccc(C(=O)Nc2cccc(-c3csc(Nc4cccc(F)c4)n3)c2)cc1. The van der Waals surface area contributed by atoms with Crippen LogP contribution in [0.25, 0.3) is 11.3 Å². The van der Waals surface area contributed by atoms with Crippen LogP contribution in [0.2, 0.25) is 0 Å². The standard InChI is InChI=1S/C24H20FN3OS/c1-2-16-9-11-17(12-10-16)23(29)26-20-7-3-5-18(13-20)22-15-30-24(28-22)27-21-8-4-6-19(25)14-21/h3-15H,2H2,1H3,(H,26,29)(H,27,28). The molecule has 4 aromatic rings. The number of hydrogen-bond donors (Lipinski definition) is 2. The number of nitrogens with zero attached hydrogens (tertiary/aromatic N) is 1. The van der Waals surface area contributed by atoms with E-state index in [9.17, 15) is 9.18 Å². The van der Waals surface area contributed by atoms with Crippen LogP contribution in [0.1, 0.15) is 22.8 Å². The van der Waals surface area contributed by atoms with E-state index in [0.29, 0.717) is 22.1 Å².